The molecule has 1 aromatic carbocycles. The Morgan fingerprint density at radius 3 is 2.90 bits per heavy atom. The summed E-state index contributed by atoms with van der Waals surface area (Å²) in [5, 5.41) is 12.3. The molecule has 0 saturated heterocycles. The molecule has 0 saturated carbocycles. The van der Waals surface area contributed by atoms with Gasteiger partial charge in [0, 0.05) is 12.1 Å². The number of carbonyl (C=O) groups excluding carboxylic acids is 2. The fourth-order valence-corrected chi connectivity index (χ4v) is 2.13. The second-order valence-corrected chi connectivity index (χ2v) is 5.21. The molecule has 0 aliphatic carbocycles. The summed E-state index contributed by atoms with van der Waals surface area (Å²) in [7, 11) is 0. The molecule has 1 aromatic rings. The van der Waals surface area contributed by atoms with Crippen LogP contribution < -0.4 is 15.0 Å². The number of phenols is 1. The number of fused-ring (bicyclic) bond motifs is 1. The van der Waals surface area contributed by atoms with Gasteiger partial charge in [-0.2, -0.15) is 0 Å². The lowest BCUT2D eigenvalue weighted by molar-refractivity contribution is -0.128. The van der Waals surface area contributed by atoms with E-state index in [4.69, 9.17) is 4.74 Å². The highest BCUT2D eigenvalue weighted by Crippen LogP contribution is 2.36. The van der Waals surface area contributed by atoms with Crippen LogP contribution in [0.2, 0.25) is 0 Å². The zero-order valence-electron chi connectivity index (χ0n) is 12.4. The minimum atomic E-state index is -0.685. The second kappa shape index (κ2) is 6.03. The number of hydrogen-bond donors (Lipinski definition) is 2. The first-order valence-corrected chi connectivity index (χ1v) is 7.02. The van der Waals surface area contributed by atoms with E-state index in [0.717, 1.165) is 6.42 Å². The van der Waals surface area contributed by atoms with E-state index in [-0.39, 0.29) is 30.2 Å². The molecule has 2 atom stereocenters. The van der Waals surface area contributed by atoms with Gasteiger partial charge in [0.05, 0.1) is 5.69 Å². The van der Waals surface area contributed by atoms with Gasteiger partial charge in [-0.05, 0) is 32.4 Å². The maximum atomic E-state index is 12.2. The lowest BCUT2D eigenvalue weighted by Gasteiger charge is -2.32. The van der Waals surface area contributed by atoms with E-state index in [0.29, 0.717) is 11.4 Å². The van der Waals surface area contributed by atoms with Crippen LogP contribution in [0.5, 0.6) is 11.5 Å². The third-order valence-electron chi connectivity index (χ3n) is 3.47. The molecule has 114 valence electrons. The molecule has 0 bridgehead atoms. The van der Waals surface area contributed by atoms with Crippen LogP contribution in [0.4, 0.5) is 5.69 Å². The van der Waals surface area contributed by atoms with Crippen molar-refractivity contribution in [2.45, 2.75) is 39.3 Å². The van der Waals surface area contributed by atoms with E-state index in [9.17, 15) is 14.7 Å². The minimum Gasteiger partial charge on any atom is -0.508 e. The molecule has 2 N–H and O–H groups in total. The van der Waals surface area contributed by atoms with Crippen molar-refractivity contribution in [1.29, 1.82) is 0 Å². The standard InChI is InChI=1S/C15H20N2O4/c1-4-9(2)16-14(19)8-17-12-6-5-11(18)7-13(12)21-10(3)15(17)20/h5-7,9-10,18H,4,8H2,1-3H3,(H,16,19). The van der Waals surface area contributed by atoms with Gasteiger partial charge in [0.2, 0.25) is 5.91 Å². The van der Waals surface area contributed by atoms with Gasteiger partial charge >= 0.3 is 0 Å². The van der Waals surface area contributed by atoms with Crippen LogP contribution in [-0.4, -0.2) is 35.6 Å². The monoisotopic (exact) mass is 292 g/mol. The molecule has 2 rings (SSSR count). The van der Waals surface area contributed by atoms with Crippen LogP contribution in [0.15, 0.2) is 18.2 Å². The van der Waals surface area contributed by atoms with Crippen molar-refractivity contribution in [1.82, 2.24) is 5.32 Å². The number of carbonyl (C=O) groups is 2. The molecule has 6 heteroatoms. The number of hydrogen-bond acceptors (Lipinski definition) is 4. The number of nitrogens with zero attached hydrogens (tertiary/aromatic N) is 1. The van der Waals surface area contributed by atoms with Gasteiger partial charge in [-0.15, -0.1) is 0 Å². The lowest BCUT2D eigenvalue weighted by atomic mass is 10.1. The minimum absolute atomic E-state index is 0.0549. The molecule has 0 fully saturated rings. The lowest BCUT2D eigenvalue weighted by Crippen LogP contribution is -2.49. The van der Waals surface area contributed by atoms with Crippen molar-refractivity contribution >= 4 is 17.5 Å². The molecule has 1 aliphatic rings. The first kappa shape index (κ1) is 15.2. The van der Waals surface area contributed by atoms with Crippen LogP contribution in [0.1, 0.15) is 27.2 Å². The summed E-state index contributed by atoms with van der Waals surface area (Å²) in [6.45, 7) is 5.45. The Morgan fingerprint density at radius 2 is 2.24 bits per heavy atom. The predicted octanol–water partition coefficient (Wildman–Crippen LogP) is 1.42. The first-order valence-electron chi connectivity index (χ1n) is 7.02. The van der Waals surface area contributed by atoms with Crippen molar-refractivity contribution in [3.05, 3.63) is 18.2 Å². The highest BCUT2D eigenvalue weighted by molar-refractivity contribution is 6.03. The fraction of sp³-hybridized carbons (Fsp3) is 0.467. The molecule has 21 heavy (non-hydrogen) atoms. The van der Waals surface area contributed by atoms with Gasteiger partial charge in [0.15, 0.2) is 6.10 Å². The number of nitrogens with one attached hydrogen (secondary N) is 1. The number of rotatable bonds is 4. The maximum Gasteiger partial charge on any atom is 0.268 e. The highest BCUT2D eigenvalue weighted by Gasteiger charge is 2.33. The average Bonchev–Trinajstić information content (AvgIpc) is 2.43. The van der Waals surface area contributed by atoms with Gasteiger partial charge in [-0.25, -0.2) is 0 Å². The topological polar surface area (TPSA) is 78.9 Å². The van der Waals surface area contributed by atoms with E-state index in [1.807, 2.05) is 13.8 Å². The number of amides is 2. The maximum absolute atomic E-state index is 12.2. The molecular weight excluding hydrogens is 272 g/mol. The summed E-state index contributed by atoms with van der Waals surface area (Å²) in [6, 6.07) is 4.54. The molecule has 6 nitrogen and oxygen atoms in total. The van der Waals surface area contributed by atoms with Crippen LogP contribution >= 0.6 is 0 Å². The summed E-state index contributed by atoms with van der Waals surface area (Å²) in [4.78, 5) is 25.6. The number of anilines is 1. The van der Waals surface area contributed by atoms with Crippen LogP contribution in [-0.2, 0) is 9.59 Å². The Balaban J connectivity index is 2.22. The van der Waals surface area contributed by atoms with E-state index < -0.39 is 6.10 Å². The fourth-order valence-electron chi connectivity index (χ4n) is 2.13. The van der Waals surface area contributed by atoms with Crippen LogP contribution in [0, 0.1) is 0 Å². The summed E-state index contributed by atoms with van der Waals surface area (Å²) < 4.78 is 5.46. The normalized spacial score (nSPS) is 18.7. The van der Waals surface area contributed by atoms with E-state index in [2.05, 4.69) is 5.32 Å². The summed E-state index contributed by atoms with van der Waals surface area (Å²) >= 11 is 0. The molecule has 1 aliphatic heterocycles. The second-order valence-electron chi connectivity index (χ2n) is 5.21. The first-order chi connectivity index (χ1) is 9.92. The van der Waals surface area contributed by atoms with Crippen molar-refractivity contribution in [3.8, 4) is 11.5 Å². The smallest absolute Gasteiger partial charge is 0.268 e. The number of benzene rings is 1. The molecule has 0 aromatic heterocycles. The number of aromatic hydroxyl groups is 1. The third-order valence-corrected chi connectivity index (χ3v) is 3.47. The predicted molar refractivity (Wildman–Crippen MR) is 78.4 cm³/mol. The zero-order valence-corrected chi connectivity index (χ0v) is 12.4. The van der Waals surface area contributed by atoms with Crippen molar-refractivity contribution < 1.29 is 19.4 Å². The number of phenolic OH excluding ortho intramolecular Hbond substituents is 1. The van der Waals surface area contributed by atoms with Gasteiger partial charge in [-0.1, -0.05) is 6.92 Å². The molecule has 2 unspecified atom stereocenters. The average molecular weight is 292 g/mol. The Kier molecular flexibility index (Phi) is 4.35. The number of ether oxygens (including phenoxy) is 1. The van der Waals surface area contributed by atoms with Gasteiger partial charge in [-0.3, -0.25) is 14.5 Å². The van der Waals surface area contributed by atoms with Crippen molar-refractivity contribution in [2.24, 2.45) is 0 Å². The molecule has 2 amide bonds. The summed E-state index contributed by atoms with van der Waals surface area (Å²) in [6.07, 6.45) is 0.139. The summed E-state index contributed by atoms with van der Waals surface area (Å²) in [5.41, 5.74) is 0.496. The van der Waals surface area contributed by atoms with E-state index >= 15 is 0 Å². The van der Waals surface area contributed by atoms with Crippen molar-refractivity contribution in [3.63, 3.8) is 0 Å². The highest BCUT2D eigenvalue weighted by atomic mass is 16.5. The van der Waals surface area contributed by atoms with E-state index in [1.54, 1.807) is 13.0 Å². The zero-order chi connectivity index (χ0) is 15.6. The molecule has 0 spiro atoms. The SMILES string of the molecule is CCC(C)NC(=O)CN1C(=O)C(C)Oc2cc(O)ccc21. The van der Waals surface area contributed by atoms with Crippen molar-refractivity contribution in [2.75, 3.05) is 11.4 Å². The van der Waals surface area contributed by atoms with Gasteiger partial charge in [0.1, 0.15) is 18.0 Å². The largest absolute Gasteiger partial charge is 0.508 e. The Morgan fingerprint density at radius 1 is 1.52 bits per heavy atom. The molecular formula is C15H20N2O4. The van der Waals surface area contributed by atoms with Crippen LogP contribution in [0.25, 0.3) is 0 Å². The Hall–Kier alpha value is -2.24. The Labute approximate surface area is 123 Å². The quantitative estimate of drug-likeness (QED) is 0.879. The third kappa shape index (κ3) is 3.26. The van der Waals surface area contributed by atoms with Gasteiger partial charge in [0.25, 0.3) is 5.91 Å². The van der Waals surface area contributed by atoms with Crippen LogP contribution in [0.3, 0.4) is 0 Å². The molecule has 1 heterocycles. The Bertz CT molecular complexity index is 559. The summed E-state index contributed by atoms with van der Waals surface area (Å²) in [5.74, 6) is -0.0314. The molecule has 0 radical (unpaired) electrons. The van der Waals surface area contributed by atoms with Gasteiger partial charge < -0.3 is 15.2 Å². The van der Waals surface area contributed by atoms with E-state index in [1.165, 1.54) is 17.0 Å².